The number of aliphatic carboxylic acids is 1. The van der Waals surface area contributed by atoms with Gasteiger partial charge >= 0.3 is 11.9 Å². The van der Waals surface area contributed by atoms with Gasteiger partial charge < -0.3 is 20.1 Å². The molecule has 0 saturated carbocycles. The van der Waals surface area contributed by atoms with Crippen LogP contribution in [-0.2, 0) is 33.9 Å². The third-order valence-corrected chi connectivity index (χ3v) is 6.33. The second-order valence-corrected chi connectivity index (χ2v) is 9.10. The van der Waals surface area contributed by atoms with Gasteiger partial charge in [0.05, 0.1) is 12.1 Å². The first-order valence-corrected chi connectivity index (χ1v) is 12.5. The fourth-order valence-electron chi connectivity index (χ4n) is 4.05. The average molecular weight is 538 g/mol. The first kappa shape index (κ1) is 27.0. The number of carboxylic acids is 1. The van der Waals surface area contributed by atoms with Crippen LogP contribution >= 0.6 is 11.6 Å². The van der Waals surface area contributed by atoms with Gasteiger partial charge in [0.25, 0.3) is 0 Å². The number of aryl methyl sites for hydroxylation is 1. The molecule has 4 rings (SSSR count). The maximum absolute atomic E-state index is 12.2. The average Bonchev–Trinajstić information content (AvgIpc) is 3.54. The normalized spacial score (nSPS) is 11.9. The van der Waals surface area contributed by atoms with Crippen LogP contribution in [0.1, 0.15) is 43.3 Å². The lowest BCUT2D eigenvalue weighted by Crippen LogP contribution is -2.34. The van der Waals surface area contributed by atoms with Gasteiger partial charge in [-0.3, -0.25) is 9.59 Å². The molecular weight excluding hydrogens is 510 g/mol. The van der Waals surface area contributed by atoms with E-state index >= 15 is 0 Å². The minimum Gasteiger partial charge on any atom is -0.481 e. The van der Waals surface area contributed by atoms with Gasteiger partial charge in [0.1, 0.15) is 18.5 Å². The molecule has 0 aliphatic rings. The molecule has 2 heterocycles. The van der Waals surface area contributed by atoms with E-state index in [1.165, 1.54) is 0 Å². The van der Waals surface area contributed by atoms with Gasteiger partial charge in [-0.2, -0.15) is 5.21 Å². The first-order valence-electron chi connectivity index (χ1n) is 12.2. The van der Waals surface area contributed by atoms with Crippen LogP contribution < -0.4 is 5.73 Å². The number of unbranched alkanes of at least 4 members (excludes halogenated alkanes) is 1. The molecule has 4 N–H and O–H groups in total. The molecule has 1 atom stereocenters. The smallest absolute Gasteiger partial charge is 0.323 e. The zero-order chi connectivity index (χ0) is 27.1. The quantitative estimate of drug-likeness (QED) is 0.229. The van der Waals surface area contributed by atoms with Crippen LogP contribution in [0.25, 0.3) is 22.5 Å². The second-order valence-electron chi connectivity index (χ2n) is 8.75. The van der Waals surface area contributed by atoms with Crippen molar-refractivity contribution in [2.24, 2.45) is 5.73 Å². The van der Waals surface area contributed by atoms with Gasteiger partial charge in [0, 0.05) is 18.5 Å². The number of carboxylic acid groups (broad SMARTS) is 1. The van der Waals surface area contributed by atoms with Crippen molar-refractivity contribution in [3.05, 3.63) is 70.8 Å². The molecule has 0 fully saturated rings. The number of imidazole rings is 1. The number of tetrazole rings is 1. The fraction of sp³-hybridized carbons (Fsp3) is 0.308. The highest BCUT2D eigenvalue weighted by Gasteiger charge is 2.22. The molecule has 11 nitrogen and oxygen atoms in total. The fourth-order valence-corrected chi connectivity index (χ4v) is 4.31. The molecule has 0 spiro atoms. The summed E-state index contributed by atoms with van der Waals surface area (Å²) in [5.41, 5.74) is 9.98. The van der Waals surface area contributed by atoms with Crippen LogP contribution in [0.5, 0.6) is 0 Å². The van der Waals surface area contributed by atoms with E-state index in [-0.39, 0.29) is 11.8 Å². The Labute approximate surface area is 224 Å². The summed E-state index contributed by atoms with van der Waals surface area (Å²) < 4.78 is 7.24. The largest absolute Gasteiger partial charge is 0.481 e. The molecule has 0 bridgehead atoms. The minimum absolute atomic E-state index is 0.166. The number of H-pyrrole nitrogens is 1. The topological polar surface area (TPSA) is 162 Å². The number of rotatable bonds is 12. The van der Waals surface area contributed by atoms with Crippen molar-refractivity contribution >= 4 is 23.5 Å². The van der Waals surface area contributed by atoms with Crippen molar-refractivity contribution in [2.75, 3.05) is 0 Å². The molecule has 12 heteroatoms. The van der Waals surface area contributed by atoms with Crippen molar-refractivity contribution in [2.45, 2.75) is 51.8 Å². The number of carbonyl (C=O) groups excluding carboxylic acids is 1. The van der Waals surface area contributed by atoms with Crippen molar-refractivity contribution in [3.8, 4) is 22.5 Å². The number of esters is 1. The summed E-state index contributed by atoms with van der Waals surface area (Å²) >= 11 is 6.45. The Kier molecular flexibility index (Phi) is 8.82. The van der Waals surface area contributed by atoms with Gasteiger partial charge in [0.2, 0.25) is 5.82 Å². The van der Waals surface area contributed by atoms with Crippen LogP contribution in [0.4, 0.5) is 0 Å². The van der Waals surface area contributed by atoms with Gasteiger partial charge in [-0.25, -0.2) is 4.98 Å². The molecule has 0 saturated heterocycles. The van der Waals surface area contributed by atoms with E-state index in [4.69, 9.17) is 27.2 Å². The predicted octanol–water partition coefficient (Wildman–Crippen LogP) is 3.62. The summed E-state index contributed by atoms with van der Waals surface area (Å²) in [7, 11) is 0. The van der Waals surface area contributed by atoms with Crippen LogP contribution in [-0.4, -0.2) is 53.3 Å². The SMILES string of the molecule is CCCCc1nc(Cl)c(COC(=O)[C@H](N)CC(=O)O)n1Cc1ccc(-c2ccccc2-c2nn[nH]n2)cc1. The number of hydrogen-bond acceptors (Lipinski definition) is 8. The number of nitrogens with two attached hydrogens (primary N) is 1. The standard InChI is InChI=1S/C26H28ClN7O4/c1-2-3-8-22-29-24(27)21(15-38-26(37)20(28)13-23(35)36)34(22)14-16-9-11-17(12-10-16)18-6-4-5-7-19(18)25-30-32-33-31-25/h4-7,9-12,20H,2-3,8,13-15,28H2,1H3,(H,35,36)(H,30,31,32,33)/t20-/m1/s1. The van der Waals surface area contributed by atoms with E-state index in [2.05, 4.69) is 32.5 Å². The Morgan fingerprint density at radius 3 is 2.55 bits per heavy atom. The lowest BCUT2D eigenvalue weighted by atomic mass is 9.98. The Morgan fingerprint density at radius 2 is 1.89 bits per heavy atom. The second kappa shape index (κ2) is 12.4. The molecule has 0 radical (unpaired) electrons. The molecule has 0 unspecified atom stereocenters. The molecule has 2 aromatic carbocycles. The van der Waals surface area contributed by atoms with E-state index in [9.17, 15) is 9.59 Å². The third kappa shape index (κ3) is 6.42. The summed E-state index contributed by atoms with van der Waals surface area (Å²) in [6.07, 6.45) is 2.09. The van der Waals surface area contributed by atoms with E-state index in [0.717, 1.165) is 40.9 Å². The van der Waals surface area contributed by atoms with Crippen molar-refractivity contribution in [1.82, 2.24) is 30.2 Å². The highest BCUT2D eigenvalue weighted by Crippen LogP contribution is 2.30. The lowest BCUT2D eigenvalue weighted by molar-refractivity contribution is -0.150. The minimum atomic E-state index is -1.26. The lowest BCUT2D eigenvalue weighted by Gasteiger charge is -2.15. The van der Waals surface area contributed by atoms with Gasteiger partial charge in [0.15, 0.2) is 5.15 Å². The molecule has 0 amide bonds. The van der Waals surface area contributed by atoms with Crippen molar-refractivity contribution in [1.29, 1.82) is 0 Å². The molecular formula is C26H28ClN7O4. The number of halogens is 1. The maximum atomic E-state index is 12.2. The Hall–Kier alpha value is -4.09. The number of carbonyl (C=O) groups is 2. The summed E-state index contributed by atoms with van der Waals surface area (Å²) in [5.74, 6) is -0.691. The van der Waals surface area contributed by atoms with Crippen molar-refractivity contribution < 1.29 is 19.4 Å². The number of ether oxygens (including phenoxy) is 1. The first-order chi connectivity index (χ1) is 18.4. The van der Waals surface area contributed by atoms with Crippen LogP contribution in [0.15, 0.2) is 48.5 Å². The summed E-state index contributed by atoms with van der Waals surface area (Å²) in [6.45, 7) is 2.38. The van der Waals surface area contributed by atoms with E-state index in [1.807, 2.05) is 53.1 Å². The molecule has 2 aromatic heterocycles. The number of benzene rings is 2. The van der Waals surface area contributed by atoms with Gasteiger partial charge in [-0.1, -0.05) is 73.5 Å². The number of hydrogen-bond donors (Lipinski definition) is 3. The van der Waals surface area contributed by atoms with E-state index in [0.29, 0.717) is 24.5 Å². The highest BCUT2D eigenvalue weighted by atomic mass is 35.5. The van der Waals surface area contributed by atoms with Crippen LogP contribution in [0, 0.1) is 0 Å². The zero-order valence-corrected chi connectivity index (χ0v) is 21.6. The monoisotopic (exact) mass is 537 g/mol. The van der Waals surface area contributed by atoms with Gasteiger partial charge in [-0.05, 0) is 28.3 Å². The van der Waals surface area contributed by atoms with Crippen molar-refractivity contribution in [3.63, 3.8) is 0 Å². The molecule has 198 valence electrons. The Bertz CT molecular complexity index is 1390. The Morgan fingerprint density at radius 1 is 1.16 bits per heavy atom. The molecule has 0 aliphatic heterocycles. The molecule has 4 aromatic rings. The summed E-state index contributed by atoms with van der Waals surface area (Å²) in [5, 5.41) is 23.5. The van der Waals surface area contributed by atoms with E-state index in [1.54, 1.807) is 0 Å². The van der Waals surface area contributed by atoms with E-state index < -0.39 is 24.4 Å². The number of nitrogens with one attached hydrogen (secondary N) is 1. The van der Waals surface area contributed by atoms with Crippen LogP contribution in [0.3, 0.4) is 0 Å². The molecule has 38 heavy (non-hydrogen) atoms. The number of nitrogens with zero attached hydrogens (tertiary/aromatic N) is 5. The highest BCUT2D eigenvalue weighted by molar-refractivity contribution is 6.30. The maximum Gasteiger partial charge on any atom is 0.323 e. The number of aromatic amines is 1. The predicted molar refractivity (Wildman–Crippen MR) is 140 cm³/mol. The summed E-state index contributed by atoms with van der Waals surface area (Å²) in [4.78, 5) is 27.6. The third-order valence-electron chi connectivity index (χ3n) is 6.02. The van der Waals surface area contributed by atoms with Gasteiger partial charge in [-0.15, -0.1) is 10.2 Å². The zero-order valence-electron chi connectivity index (χ0n) is 20.8. The van der Waals surface area contributed by atoms with Crippen LogP contribution in [0.2, 0.25) is 5.15 Å². The molecule has 0 aliphatic carbocycles. The Balaban J connectivity index is 1.57. The number of aromatic nitrogens is 6. The summed E-state index contributed by atoms with van der Waals surface area (Å²) in [6, 6.07) is 14.6.